The van der Waals surface area contributed by atoms with Crippen LogP contribution in [0.4, 0.5) is 17.1 Å². The number of benzene rings is 10. The fraction of sp³-hybridized carbons (Fsp3) is 0. The van der Waals surface area contributed by atoms with Gasteiger partial charge in [0.25, 0.3) is 0 Å². The van der Waals surface area contributed by atoms with Crippen LogP contribution in [0.15, 0.2) is 255 Å². The van der Waals surface area contributed by atoms with Crippen LogP contribution in [0, 0.1) is 0 Å². The molecule has 2 nitrogen and oxygen atoms in total. The lowest BCUT2D eigenvalue weighted by molar-refractivity contribution is 1.18. The quantitative estimate of drug-likeness (QED) is 0.141. The fourth-order valence-electron chi connectivity index (χ4n) is 9.14. The molecule has 62 heavy (non-hydrogen) atoms. The number of hydrogen-bond acceptors (Lipinski definition) is 1. The number of hydrogen-bond donors (Lipinski definition) is 0. The lowest BCUT2D eigenvalue weighted by atomic mass is 9.93. The van der Waals surface area contributed by atoms with Crippen molar-refractivity contribution in [1.29, 1.82) is 0 Å². The first-order chi connectivity index (χ1) is 30.8. The molecule has 0 fully saturated rings. The van der Waals surface area contributed by atoms with E-state index in [0.717, 1.165) is 33.8 Å². The number of aromatic nitrogens is 1. The summed E-state index contributed by atoms with van der Waals surface area (Å²) in [5.41, 5.74) is 18.6. The van der Waals surface area contributed by atoms with Crippen LogP contribution in [0.2, 0.25) is 0 Å². The van der Waals surface area contributed by atoms with Crippen LogP contribution < -0.4 is 4.90 Å². The highest BCUT2D eigenvalue weighted by Gasteiger charge is 2.22. The fourth-order valence-corrected chi connectivity index (χ4v) is 9.14. The molecule has 0 aliphatic carbocycles. The Morgan fingerprint density at radius 3 is 1.40 bits per heavy atom. The van der Waals surface area contributed by atoms with Crippen LogP contribution >= 0.6 is 0 Å². The summed E-state index contributed by atoms with van der Waals surface area (Å²) in [5.74, 6) is 0. The Morgan fingerprint density at radius 2 is 0.726 bits per heavy atom. The molecule has 0 bridgehead atoms. The smallest absolute Gasteiger partial charge is 0.0561 e. The van der Waals surface area contributed by atoms with Gasteiger partial charge in [-0.05, 0) is 98.6 Å². The van der Waals surface area contributed by atoms with Gasteiger partial charge >= 0.3 is 0 Å². The maximum absolute atomic E-state index is 2.44. The first-order valence-corrected chi connectivity index (χ1v) is 21.3. The van der Waals surface area contributed by atoms with Crippen molar-refractivity contribution in [3.05, 3.63) is 255 Å². The lowest BCUT2D eigenvalue weighted by Crippen LogP contribution is -2.11. The van der Waals surface area contributed by atoms with Gasteiger partial charge in [-0.3, -0.25) is 0 Å². The Bertz CT molecular complexity index is 3330. The van der Waals surface area contributed by atoms with Gasteiger partial charge in [0, 0.05) is 33.4 Å². The molecule has 10 aromatic carbocycles. The summed E-state index contributed by atoms with van der Waals surface area (Å²) in [4.78, 5) is 2.43. The van der Waals surface area contributed by atoms with Crippen LogP contribution in [0.5, 0.6) is 0 Å². The van der Waals surface area contributed by atoms with E-state index >= 15 is 0 Å². The maximum atomic E-state index is 2.44. The van der Waals surface area contributed by atoms with Gasteiger partial charge in [0.2, 0.25) is 0 Å². The van der Waals surface area contributed by atoms with Gasteiger partial charge in [-0.25, -0.2) is 0 Å². The molecule has 0 atom stereocenters. The Labute approximate surface area is 362 Å². The average Bonchev–Trinajstić information content (AvgIpc) is 3.69. The van der Waals surface area contributed by atoms with E-state index in [1.165, 1.54) is 66.4 Å². The first kappa shape index (κ1) is 36.8. The standard InChI is InChI=1S/C60H42N2/c1-4-19-43(20-5-1)44-35-37-48(38-36-44)61(58-33-16-14-31-55(58)54-30-13-12-28-52(54)46-23-8-3-9-24-46)50-39-40-57-56-32-15-17-34-59(56)62(60(57)42-50)49-26-18-25-47(41-49)53-29-11-10-27-51(53)45-21-6-2-7-22-45/h1-42H. The van der Waals surface area contributed by atoms with Crippen molar-refractivity contribution in [2.75, 3.05) is 4.90 Å². The van der Waals surface area contributed by atoms with E-state index in [2.05, 4.69) is 264 Å². The third-order valence-electron chi connectivity index (χ3n) is 12.0. The summed E-state index contributed by atoms with van der Waals surface area (Å²) in [6, 6.07) is 92.1. The molecule has 2 heteroatoms. The summed E-state index contributed by atoms with van der Waals surface area (Å²) < 4.78 is 2.44. The zero-order chi connectivity index (χ0) is 41.2. The van der Waals surface area contributed by atoms with E-state index in [1.807, 2.05) is 0 Å². The molecule has 11 rings (SSSR count). The molecule has 11 aromatic rings. The van der Waals surface area contributed by atoms with Crippen molar-refractivity contribution in [2.24, 2.45) is 0 Å². The highest BCUT2D eigenvalue weighted by molar-refractivity contribution is 6.11. The first-order valence-electron chi connectivity index (χ1n) is 21.3. The summed E-state index contributed by atoms with van der Waals surface area (Å²) in [6.45, 7) is 0. The van der Waals surface area contributed by atoms with Crippen molar-refractivity contribution in [3.8, 4) is 61.3 Å². The molecule has 0 unspecified atom stereocenters. The average molecular weight is 791 g/mol. The van der Waals surface area contributed by atoms with Crippen molar-refractivity contribution in [3.63, 3.8) is 0 Å². The van der Waals surface area contributed by atoms with E-state index in [9.17, 15) is 0 Å². The second-order valence-corrected chi connectivity index (χ2v) is 15.7. The van der Waals surface area contributed by atoms with Gasteiger partial charge in [-0.15, -0.1) is 0 Å². The molecule has 0 saturated heterocycles. The molecule has 0 radical (unpaired) electrons. The number of nitrogens with zero attached hydrogens (tertiary/aromatic N) is 2. The molecule has 1 heterocycles. The zero-order valence-corrected chi connectivity index (χ0v) is 34.1. The topological polar surface area (TPSA) is 8.17 Å². The molecule has 0 N–H and O–H groups in total. The lowest BCUT2D eigenvalue weighted by Gasteiger charge is -2.29. The molecule has 0 aliphatic heterocycles. The van der Waals surface area contributed by atoms with E-state index in [1.54, 1.807) is 0 Å². The molecule has 0 spiro atoms. The van der Waals surface area contributed by atoms with Crippen LogP contribution in [-0.4, -0.2) is 4.57 Å². The van der Waals surface area contributed by atoms with Gasteiger partial charge in [-0.1, -0.05) is 206 Å². The Kier molecular flexibility index (Phi) is 9.57. The van der Waals surface area contributed by atoms with Gasteiger partial charge in [0.1, 0.15) is 0 Å². The van der Waals surface area contributed by atoms with E-state index in [0.29, 0.717) is 0 Å². The minimum Gasteiger partial charge on any atom is -0.310 e. The van der Waals surface area contributed by atoms with Gasteiger partial charge < -0.3 is 9.47 Å². The highest BCUT2D eigenvalue weighted by atomic mass is 15.1. The second-order valence-electron chi connectivity index (χ2n) is 15.7. The third-order valence-corrected chi connectivity index (χ3v) is 12.0. The molecular formula is C60H42N2. The Hall–Kier alpha value is -8.20. The molecule has 0 saturated carbocycles. The predicted molar refractivity (Wildman–Crippen MR) is 263 cm³/mol. The largest absolute Gasteiger partial charge is 0.310 e. The van der Waals surface area contributed by atoms with E-state index < -0.39 is 0 Å². The van der Waals surface area contributed by atoms with Crippen LogP contribution in [-0.2, 0) is 0 Å². The van der Waals surface area contributed by atoms with Crippen LogP contribution in [0.3, 0.4) is 0 Å². The van der Waals surface area contributed by atoms with E-state index in [-0.39, 0.29) is 0 Å². The molecular weight excluding hydrogens is 749 g/mol. The van der Waals surface area contributed by atoms with Crippen molar-refractivity contribution < 1.29 is 0 Å². The number of para-hydroxylation sites is 2. The maximum Gasteiger partial charge on any atom is 0.0561 e. The van der Waals surface area contributed by atoms with Crippen molar-refractivity contribution >= 4 is 38.9 Å². The van der Waals surface area contributed by atoms with Crippen LogP contribution in [0.25, 0.3) is 83.1 Å². The van der Waals surface area contributed by atoms with Crippen LogP contribution in [0.1, 0.15) is 0 Å². The predicted octanol–water partition coefficient (Wildman–Crippen LogP) is 16.6. The minimum absolute atomic E-state index is 1.07. The SMILES string of the molecule is c1ccc(-c2ccc(N(c3ccc4c5ccccc5n(-c5cccc(-c6ccccc6-c6ccccc6)c5)c4c3)c3ccccc3-c3ccccc3-c3ccccc3)cc2)cc1. The van der Waals surface area contributed by atoms with Gasteiger partial charge in [0.05, 0.1) is 16.7 Å². The summed E-state index contributed by atoms with van der Waals surface area (Å²) >= 11 is 0. The monoisotopic (exact) mass is 790 g/mol. The Balaban J connectivity index is 1.12. The van der Waals surface area contributed by atoms with Gasteiger partial charge in [-0.2, -0.15) is 0 Å². The molecule has 292 valence electrons. The molecule has 1 aromatic heterocycles. The summed E-state index contributed by atoms with van der Waals surface area (Å²) in [7, 11) is 0. The van der Waals surface area contributed by atoms with Crippen molar-refractivity contribution in [1.82, 2.24) is 4.57 Å². The number of anilines is 3. The second kappa shape index (κ2) is 16.1. The number of fused-ring (bicyclic) bond motifs is 3. The summed E-state index contributed by atoms with van der Waals surface area (Å²) in [6.07, 6.45) is 0. The summed E-state index contributed by atoms with van der Waals surface area (Å²) in [5, 5.41) is 2.43. The highest BCUT2D eigenvalue weighted by Crippen LogP contribution is 2.46. The molecule has 0 amide bonds. The zero-order valence-electron chi connectivity index (χ0n) is 34.1. The van der Waals surface area contributed by atoms with Gasteiger partial charge in [0.15, 0.2) is 0 Å². The van der Waals surface area contributed by atoms with E-state index in [4.69, 9.17) is 0 Å². The Morgan fingerprint density at radius 1 is 0.258 bits per heavy atom. The van der Waals surface area contributed by atoms with Crippen molar-refractivity contribution in [2.45, 2.75) is 0 Å². The molecule has 0 aliphatic rings. The number of rotatable bonds is 9. The normalized spacial score (nSPS) is 11.2. The third kappa shape index (κ3) is 6.74. The minimum atomic E-state index is 1.07.